The second kappa shape index (κ2) is 24.2. The lowest BCUT2D eigenvalue weighted by atomic mass is 10.1. The minimum absolute atomic E-state index is 0.0616. The predicted molar refractivity (Wildman–Crippen MR) is 139 cm³/mol. The molecule has 222 valence electrons. The van der Waals surface area contributed by atoms with Crippen molar-refractivity contribution in [3.63, 3.8) is 0 Å². The maximum atomic E-state index is 12.6. The largest absolute Gasteiger partial charge is 0.461 e. The van der Waals surface area contributed by atoms with Crippen LogP contribution in [0.3, 0.4) is 0 Å². The van der Waals surface area contributed by atoms with E-state index in [1.165, 1.54) is 6.08 Å². The molecule has 40 heavy (non-hydrogen) atoms. The van der Waals surface area contributed by atoms with Crippen molar-refractivity contribution < 1.29 is 52.5 Å². The molecule has 0 aliphatic heterocycles. The summed E-state index contributed by atoms with van der Waals surface area (Å²) in [5, 5.41) is 5.02. The first-order valence-electron chi connectivity index (χ1n) is 12.5. The normalized spacial score (nSPS) is 11.6. The highest BCUT2D eigenvalue weighted by Gasteiger charge is 2.25. The molecule has 16 heteroatoms. The number of ketones is 2. The number of nitrogens with two attached hydrogens (primary N) is 1. The molecule has 0 heterocycles. The topological polar surface area (TPSA) is 245 Å². The smallest absolute Gasteiger partial charge is 0.323 e. The fraction of sp³-hybridized carbons (Fsp3) is 0.625. The summed E-state index contributed by atoms with van der Waals surface area (Å²) in [7, 11) is 0. The average molecular weight is 568 g/mol. The summed E-state index contributed by atoms with van der Waals surface area (Å²) in [4.78, 5) is 64.5. The van der Waals surface area contributed by atoms with Crippen molar-refractivity contribution in [2.45, 2.75) is 44.2 Å². The quantitative estimate of drug-likeness (QED) is 0.0284. The van der Waals surface area contributed by atoms with E-state index in [1.807, 2.05) is 0 Å². The lowest BCUT2D eigenvalue weighted by Gasteiger charge is -2.20. The van der Waals surface area contributed by atoms with Crippen LogP contribution >= 0.6 is 0 Å². The molecule has 0 aromatic rings. The van der Waals surface area contributed by atoms with Gasteiger partial charge in [0.2, 0.25) is 23.4 Å². The van der Waals surface area contributed by atoms with E-state index in [4.69, 9.17) is 35.7 Å². The molecular formula is C24H37N7O9. The monoisotopic (exact) mass is 567 g/mol. The Morgan fingerprint density at radius 1 is 0.800 bits per heavy atom. The van der Waals surface area contributed by atoms with Gasteiger partial charge in [0.1, 0.15) is 12.6 Å². The van der Waals surface area contributed by atoms with Crippen LogP contribution in [0.25, 0.3) is 11.1 Å². The Bertz CT molecular complexity index is 932. The van der Waals surface area contributed by atoms with Gasteiger partial charge >= 0.3 is 18.4 Å². The number of amides is 2. The average Bonchev–Trinajstić information content (AvgIpc) is 2.93. The van der Waals surface area contributed by atoms with E-state index < -0.39 is 35.5 Å². The van der Waals surface area contributed by atoms with Crippen LogP contribution in [0.4, 0.5) is 0 Å². The van der Waals surface area contributed by atoms with Crippen molar-refractivity contribution in [1.29, 1.82) is 0 Å². The second-order valence-electron chi connectivity index (χ2n) is 8.02. The first-order chi connectivity index (χ1) is 19.2. The molecule has 0 aromatic carbocycles. The number of rotatable bonds is 25. The summed E-state index contributed by atoms with van der Waals surface area (Å²) in [5.41, 5.74) is 22.6. The summed E-state index contributed by atoms with van der Waals surface area (Å²) in [6.45, 7) is 5.17. The number of carbonyl (C=O) groups excluding carboxylic acids is 5. The highest BCUT2D eigenvalue weighted by Crippen LogP contribution is 2.02. The first kappa shape index (κ1) is 36.1. The van der Waals surface area contributed by atoms with E-state index in [9.17, 15) is 24.0 Å². The van der Waals surface area contributed by atoms with Crippen LogP contribution in [0.5, 0.6) is 0 Å². The lowest BCUT2D eigenvalue weighted by Crippen LogP contribution is -2.52. The SMILES string of the molecule is C=CCOC(=O)CCOCCOCCOCCNC(=O)[C@H](CCC(=O)C=[N+]=[N-])NC(=O)[C@@H](N)CCC(=O)C=[N+]=[N-]. The van der Waals surface area contributed by atoms with E-state index in [0.717, 1.165) is 0 Å². The molecule has 0 aromatic heterocycles. The maximum absolute atomic E-state index is 12.6. The third-order valence-corrected chi connectivity index (χ3v) is 4.86. The summed E-state index contributed by atoms with van der Waals surface area (Å²) >= 11 is 0. The molecule has 16 nitrogen and oxygen atoms in total. The van der Waals surface area contributed by atoms with Crippen LogP contribution in [-0.4, -0.2) is 116 Å². The second-order valence-corrected chi connectivity index (χ2v) is 8.02. The first-order valence-corrected chi connectivity index (χ1v) is 12.5. The molecule has 0 bridgehead atoms. The van der Waals surface area contributed by atoms with Gasteiger partial charge in [-0.05, 0) is 12.8 Å². The molecule has 2 atom stereocenters. The molecule has 0 aliphatic carbocycles. The van der Waals surface area contributed by atoms with Gasteiger partial charge in [0.15, 0.2) is 0 Å². The summed E-state index contributed by atoms with van der Waals surface area (Å²) < 4.78 is 20.8. The Morgan fingerprint density at radius 3 is 1.93 bits per heavy atom. The minimum Gasteiger partial charge on any atom is -0.461 e. The molecule has 0 unspecified atom stereocenters. The van der Waals surface area contributed by atoms with Gasteiger partial charge in [-0.15, -0.1) is 0 Å². The van der Waals surface area contributed by atoms with Gasteiger partial charge in [-0.2, -0.15) is 9.58 Å². The van der Waals surface area contributed by atoms with E-state index in [1.54, 1.807) is 0 Å². The van der Waals surface area contributed by atoms with Crippen molar-refractivity contribution in [1.82, 2.24) is 10.6 Å². The minimum atomic E-state index is -1.13. The number of Topliss-reactive ketones (excluding diaryl/α,β-unsaturated/α-hetero) is 2. The molecule has 0 spiro atoms. The Kier molecular flexibility index (Phi) is 21.8. The van der Waals surface area contributed by atoms with E-state index in [0.29, 0.717) is 25.6 Å². The van der Waals surface area contributed by atoms with E-state index in [2.05, 4.69) is 26.8 Å². The highest BCUT2D eigenvalue weighted by molar-refractivity contribution is 6.25. The number of ether oxygens (including phenoxy) is 4. The van der Waals surface area contributed by atoms with Gasteiger partial charge in [0, 0.05) is 19.4 Å². The van der Waals surface area contributed by atoms with Crippen LogP contribution in [-0.2, 0) is 42.9 Å². The summed E-state index contributed by atoms with van der Waals surface area (Å²) in [5.74, 6) is -2.79. The molecule has 0 aliphatic rings. The molecule has 0 fully saturated rings. The van der Waals surface area contributed by atoms with Gasteiger partial charge in [0.05, 0.1) is 52.1 Å². The molecule has 0 radical (unpaired) electrons. The third-order valence-electron chi connectivity index (χ3n) is 4.86. The number of esters is 1. The van der Waals surface area contributed by atoms with Crippen molar-refractivity contribution in [3.8, 4) is 0 Å². The lowest BCUT2D eigenvalue weighted by molar-refractivity contribution is -0.143. The Balaban J connectivity index is 4.30. The van der Waals surface area contributed by atoms with Gasteiger partial charge in [-0.3, -0.25) is 24.0 Å². The van der Waals surface area contributed by atoms with Gasteiger partial charge in [0.25, 0.3) is 0 Å². The van der Waals surface area contributed by atoms with Gasteiger partial charge in [-0.25, -0.2) is 0 Å². The summed E-state index contributed by atoms with van der Waals surface area (Å²) in [6, 6.07) is -2.26. The zero-order chi connectivity index (χ0) is 30.0. The molecule has 2 amide bonds. The fourth-order valence-corrected chi connectivity index (χ4v) is 2.81. The Morgan fingerprint density at radius 2 is 1.35 bits per heavy atom. The Hall–Kier alpha value is -3.91. The van der Waals surface area contributed by atoms with Gasteiger partial charge < -0.3 is 46.4 Å². The highest BCUT2D eigenvalue weighted by atomic mass is 16.5. The molecule has 0 saturated carbocycles. The van der Waals surface area contributed by atoms with Crippen LogP contribution in [0.2, 0.25) is 0 Å². The molecule has 4 N–H and O–H groups in total. The number of hydrogen-bond acceptors (Lipinski definition) is 10. The molecule has 0 saturated heterocycles. The fourth-order valence-electron chi connectivity index (χ4n) is 2.81. The zero-order valence-corrected chi connectivity index (χ0v) is 22.3. The Labute approximate surface area is 231 Å². The number of nitrogens with zero attached hydrogens (tertiary/aromatic N) is 4. The van der Waals surface area contributed by atoms with E-state index in [-0.39, 0.29) is 77.7 Å². The van der Waals surface area contributed by atoms with Crippen molar-refractivity contribution >= 4 is 41.8 Å². The van der Waals surface area contributed by atoms with Crippen LogP contribution in [0.1, 0.15) is 32.1 Å². The molecular weight excluding hydrogens is 530 g/mol. The predicted octanol–water partition coefficient (Wildman–Crippen LogP) is -1.62. The van der Waals surface area contributed by atoms with Crippen LogP contribution < -0.4 is 16.4 Å². The van der Waals surface area contributed by atoms with Crippen LogP contribution in [0, 0.1) is 0 Å². The van der Waals surface area contributed by atoms with E-state index >= 15 is 0 Å². The number of carbonyl (C=O) groups is 5. The van der Waals surface area contributed by atoms with Crippen molar-refractivity contribution in [2.75, 3.05) is 52.8 Å². The molecule has 0 rings (SSSR count). The van der Waals surface area contributed by atoms with Gasteiger partial charge in [-0.1, -0.05) is 12.7 Å². The number of hydrogen-bond donors (Lipinski definition) is 3. The number of nitrogens with one attached hydrogen (secondary N) is 2. The van der Waals surface area contributed by atoms with Crippen LogP contribution in [0.15, 0.2) is 12.7 Å². The zero-order valence-electron chi connectivity index (χ0n) is 22.3. The summed E-state index contributed by atoms with van der Waals surface area (Å²) in [6.07, 6.45) is 2.47. The third kappa shape index (κ3) is 20.1. The standard InChI is InChI=1S/C24H37N7O9/c1-2-9-40-22(34)7-10-37-12-14-39-15-13-38-11-8-28-24(36)21(6-4-19(33)17-30-27)31-23(35)20(25)5-3-18(32)16-29-26/h2,16-17,20-21H,1,3-15,25H2,(H,28,36)(H,31,35)/t20-,21-/m0/s1. The van der Waals surface area contributed by atoms with Crippen molar-refractivity contribution in [2.24, 2.45) is 5.73 Å². The maximum Gasteiger partial charge on any atom is 0.323 e. The van der Waals surface area contributed by atoms with Crippen molar-refractivity contribution in [3.05, 3.63) is 23.7 Å².